The van der Waals surface area contributed by atoms with E-state index in [2.05, 4.69) is 15.4 Å². The Morgan fingerprint density at radius 3 is 2.68 bits per heavy atom. The Morgan fingerprint density at radius 1 is 1.16 bits per heavy atom. The molecule has 0 aliphatic carbocycles. The van der Waals surface area contributed by atoms with Gasteiger partial charge in [-0.25, -0.2) is 4.98 Å². The number of thiocarbonyl (C=S) groups is 1. The quantitative estimate of drug-likeness (QED) is 0.179. The first-order chi connectivity index (χ1) is 18.3. The number of hydrogen-bond acceptors (Lipinski definition) is 8. The summed E-state index contributed by atoms with van der Waals surface area (Å²) in [6.45, 7) is 0. The van der Waals surface area contributed by atoms with Crippen molar-refractivity contribution >= 4 is 68.6 Å². The van der Waals surface area contributed by atoms with Crippen LogP contribution in [0.3, 0.4) is 0 Å². The molecule has 3 aromatic carbocycles. The number of carbonyl (C=O) groups excluding carboxylic acids is 2. The first kappa shape index (κ1) is 25.6. The number of halogens is 2. The van der Waals surface area contributed by atoms with Gasteiger partial charge in [0.1, 0.15) is 11.5 Å². The zero-order valence-corrected chi connectivity index (χ0v) is 21.9. The van der Waals surface area contributed by atoms with Crippen molar-refractivity contribution in [2.45, 2.75) is 0 Å². The van der Waals surface area contributed by atoms with E-state index in [-0.39, 0.29) is 26.1 Å². The lowest BCUT2D eigenvalue weighted by Crippen LogP contribution is -2.44. The van der Waals surface area contributed by atoms with E-state index in [0.29, 0.717) is 16.9 Å². The summed E-state index contributed by atoms with van der Waals surface area (Å²) in [5.74, 6) is -1.40. The van der Waals surface area contributed by atoms with Gasteiger partial charge in [-0.15, -0.1) is 0 Å². The zero-order chi connectivity index (χ0) is 26.8. The fourth-order valence-corrected chi connectivity index (χ4v) is 4.91. The number of nitrogens with one attached hydrogen (secondary N) is 1. The molecule has 2 heterocycles. The molecule has 38 heavy (non-hydrogen) atoms. The predicted molar refractivity (Wildman–Crippen MR) is 146 cm³/mol. The third kappa shape index (κ3) is 5.17. The average molecular weight is 567 g/mol. The van der Waals surface area contributed by atoms with Crippen LogP contribution in [0, 0.1) is 5.82 Å². The van der Waals surface area contributed by atoms with Gasteiger partial charge in [0.25, 0.3) is 17.7 Å². The third-order valence-corrected chi connectivity index (χ3v) is 6.94. The van der Waals surface area contributed by atoms with Crippen molar-refractivity contribution in [3.63, 3.8) is 0 Å². The van der Waals surface area contributed by atoms with E-state index in [1.54, 1.807) is 42.5 Å². The molecule has 1 aliphatic rings. The summed E-state index contributed by atoms with van der Waals surface area (Å²) in [6.07, 6.45) is 2.49. The van der Waals surface area contributed by atoms with Crippen molar-refractivity contribution in [2.24, 2.45) is 0 Å². The van der Waals surface area contributed by atoms with Gasteiger partial charge in [-0.05, 0) is 71.0 Å². The highest BCUT2D eigenvalue weighted by Gasteiger charge is 2.34. The molecule has 2 amide bonds. The topological polar surface area (TPSA) is 93.7 Å². The second kappa shape index (κ2) is 10.7. The molecule has 190 valence electrons. The van der Waals surface area contributed by atoms with Crippen LogP contribution in [0.4, 0.5) is 4.39 Å². The number of hydrazine groups is 1. The molecule has 0 unspecified atom stereocenters. The summed E-state index contributed by atoms with van der Waals surface area (Å²) in [7, 11) is 1.52. The standard InChI is InChI=1S/C26H16ClFN4O4S2/c1-35-16-9-6-15(7-10-16)22(33)31-32-24(34)21(38-26(32)37)12-18-17-5-3-2-4-14(17)8-11-20(18)36-23-19(28)13-29-25(27)30-23/h2-13H,1H3,(H,31,33)/b21-12+. The smallest absolute Gasteiger partial charge is 0.285 e. The Hall–Kier alpha value is -4.06. The highest BCUT2D eigenvalue weighted by Crippen LogP contribution is 2.38. The summed E-state index contributed by atoms with van der Waals surface area (Å²) in [5, 5.41) is 2.42. The number of aromatic nitrogens is 2. The number of thioether (sulfide) groups is 1. The van der Waals surface area contributed by atoms with Gasteiger partial charge in [0.05, 0.1) is 18.2 Å². The van der Waals surface area contributed by atoms with Crippen molar-refractivity contribution in [1.29, 1.82) is 0 Å². The summed E-state index contributed by atoms with van der Waals surface area (Å²) >= 11 is 12.2. The molecule has 1 saturated heterocycles. The van der Waals surface area contributed by atoms with Crippen molar-refractivity contribution in [2.75, 3.05) is 7.11 Å². The van der Waals surface area contributed by atoms with E-state index in [0.717, 1.165) is 33.7 Å². The number of benzene rings is 3. The second-order valence-electron chi connectivity index (χ2n) is 7.78. The Morgan fingerprint density at radius 2 is 1.92 bits per heavy atom. The number of amides is 2. The Bertz CT molecular complexity index is 1630. The van der Waals surface area contributed by atoms with Crippen molar-refractivity contribution in [3.05, 3.63) is 94.0 Å². The van der Waals surface area contributed by atoms with Gasteiger partial charge in [-0.3, -0.25) is 15.0 Å². The second-order valence-corrected chi connectivity index (χ2v) is 9.79. The number of carbonyl (C=O) groups is 2. The number of methoxy groups -OCH3 is 1. The van der Waals surface area contributed by atoms with E-state index in [1.165, 1.54) is 7.11 Å². The van der Waals surface area contributed by atoms with Gasteiger partial charge >= 0.3 is 0 Å². The van der Waals surface area contributed by atoms with Crippen molar-refractivity contribution in [3.8, 4) is 17.4 Å². The molecule has 1 aromatic heterocycles. The molecule has 12 heteroatoms. The predicted octanol–water partition coefficient (Wildman–Crippen LogP) is 5.77. The number of nitrogens with zero attached hydrogens (tertiary/aromatic N) is 3. The maximum Gasteiger partial charge on any atom is 0.285 e. The van der Waals surface area contributed by atoms with Crippen molar-refractivity contribution < 1.29 is 23.5 Å². The molecule has 0 atom stereocenters. The summed E-state index contributed by atoms with van der Waals surface area (Å²) < 4.78 is 25.3. The molecule has 1 fully saturated rings. The zero-order valence-electron chi connectivity index (χ0n) is 19.5. The number of ether oxygens (including phenoxy) is 2. The third-order valence-electron chi connectivity index (χ3n) is 5.45. The number of hydrogen-bond donors (Lipinski definition) is 1. The highest BCUT2D eigenvalue weighted by molar-refractivity contribution is 8.26. The monoisotopic (exact) mass is 566 g/mol. The molecule has 0 spiro atoms. The van der Waals surface area contributed by atoms with Crippen LogP contribution in [-0.2, 0) is 4.79 Å². The van der Waals surface area contributed by atoms with Gasteiger partial charge in [0.2, 0.25) is 11.1 Å². The van der Waals surface area contributed by atoms with Crippen LogP contribution in [0.15, 0.2) is 71.8 Å². The van der Waals surface area contributed by atoms with Crippen LogP contribution in [-0.4, -0.2) is 38.2 Å². The molecule has 1 N–H and O–H groups in total. The van der Waals surface area contributed by atoms with Crippen LogP contribution in [0.2, 0.25) is 5.28 Å². The fraction of sp³-hybridized carbons (Fsp3) is 0.0385. The fourth-order valence-electron chi connectivity index (χ4n) is 3.62. The lowest BCUT2D eigenvalue weighted by atomic mass is 10.0. The van der Waals surface area contributed by atoms with Gasteiger partial charge < -0.3 is 9.47 Å². The van der Waals surface area contributed by atoms with Crippen molar-refractivity contribution in [1.82, 2.24) is 20.4 Å². The number of rotatable bonds is 6. The summed E-state index contributed by atoms with van der Waals surface area (Å²) in [5.41, 5.74) is 3.35. The first-order valence-electron chi connectivity index (χ1n) is 10.9. The average Bonchev–Trinajstić information content (AvgIpc) is 3.19. The summed E-state index contributed by atoms with van der Waals surface area (Å²) in [4.78, 5) is 33.6. The Labute approximate surface area is 230 Å². The maximum absolute atomic E-state index is 14.3. The van der Waals surface area contributed by atoms with Crippen LogP contribution < -0.4 is 14.9 Å². The van der Waals surface area contributed by atoms with Crippen LogP contribution in [0.1, 0.15) is 15.9 Å². The van der Waals surface area contributed by atoms with E-state index >= 15 is 0 Å². The maximum atomic E-state index is 14.3. The Kier molecular flexibility index (Phi) is 7.23. The summed E-state index contributed by atoms with van der Waals surface area (Å²) in [6, 6.07) is 17.3. The van der Waals surface area contributed by atoms with E-state index in [4.69, 9.17) is 33.3 Å². The van der Waals surface area contributed by atoms with E-state index in [1.807, 2.05) is 24.3 Å². The number of fused-ring (bicyclic) bond motifs is 1. The minimum Gasteiger partial charge on any atom is -0.497 e. The molecule has 5 rings (SSSR count). The van der Waals surface area contributed by atoms with Crippen LogP contribution in [0.5, 0.6) is 17.4 Å². The first-order valence-corrected chi connectivity index (χ1v) is 12.5. The Balaban J connectivity index is 1.48. The molecule has 0 radical (unpaired) electrons. The van der Waals surface area contributed by atoms with Crippen LogP contribution in [0.25, 0.3) is 16.8 Å². The lowest BCUT2D eigenvalue weighted by molar-refractivity contribution is -0.123. The van der Waals surface area contributed by atoms with Crippen LogP contribution >= 0.6 is 35.6 Å². The van der Waals surface area contributed by atoms with Gasteiger partial charge in [-0.1, -0.05) is 42.1 Å². The molecule has 4 aromatic rings. The van der Waals surface area contributed by atoms with E-state index in [9.17, 15) is 14.0 Å². The SMILES string of the molecule is COc1ccc(C(=O)NN2C(=O)/C(=C\c3c(Oc4nc(Cl)ncc4F)ccc4ccccc34)SC2=S)cc1. The van der Waals surface area contributed by atoms with Gasteiger partial charge in [0.15, 0.2) is 4.32 Å². The largest absolute Gasteiger partial charge is 0.497 e. The normalized spacial score (nSPS) is 14.3. The molecule has 0 bridgehead atoms. The van der Waals surface area contributed by atoms with E-state index < -0.39 is 17.6 Å². The molecular weight excluding hydrogens is 551 g/mol. The van der Waals surface area contributed by atoms with Gasteiger partial charge in [-0.2, -0.15) is 14.4 Å². The highest BCUT2D eigenvalue weighted by atomic mass is 35.5. The molecule has 0 saturated carbocycles. The lowest BCUT2D eigenvalue weighted by Gasteiger charge is -2.16. The molecule has 8 nitrogen and oxygen atoms in total. The van der Waals surface area contributed by atoms with Gasteiger partial charge in [0, 0.05) is 11.1 Å². The minimum atomic E-state index is -0.805. The molecular formula is C26H16ClFN4O4S2. The minimum absolute atomic E-state index is 0.138. The molecule has 1 aliphatic heterocycles.